The van der Waals surface area contributed by atoms with Gasteiger partial charge < -0.3 is 20.1 Å². The molecule has 5 heteroatoms. The van der Waals surface area contributed by atoms with Crippen LogP contribution in [0.1, 0.15) is 6.92 Å². The molecule has 2 N–H and O–H groups in total. The number of carbonyl (C=O) groups is 1. The number of morpholine rings is 1. The number of rotatable bonds is 4. The van der Waals surface area contributed by atoms with E-state index in [4.69, 9.17) is 15.2 Å². The first kappa shape index (κ1) is 11.4. The monoisotopic (exact) mass is 202 g/mol. The van der Waals surface area contributed by atoms with Gasteiger partial charge in [-0.25, -0.2) is 0 Å². The van der Waals surface area contributed by atoms with Gasteiger partial charge >= 0.3 is 0 Å². The molecule has 1 unspecified atom stereocenters. The third kappa shape index (κ3) is 3.61. The normalized spacial score (nSPS) is 22.4. The number of carbonyl (C=O) groups excluding carboxylic acids is 1. The first-order chi connectivity index (χ1) is 6.74. The second kappa shape index (κ2) is 5.95. The molecule has 5 nitrogen and oxygen atoms in total. The van der Waals surface area contributed by atoms with E-state index in [0.29, 0.717) is 32.8 Å². The lowest BCUT2D eigenvalue weighted by Crippen LogP contribution is -2.46. The van der Waals surface area contributed by atoms with Crippen LogP contribution in [0.3, 0.4) is 0 Å². The third-order valence-corrected chi connectivity index (χ3v) is 2.08. The molecule has 0 aromatic rings. The quantitative estimate of drug-likeness (QED) is 0.607. The summed E-state index contributed by atoms with van der Waals surface area (Å²) in [4.78, 5) is 13.3. The molecule has 0 aromatic carbocycles. The summed E-state index contributed by atoms with van der Waals surface area (Å²) in [6.45, 7) is 4.91. The summed E-state index contributed by atoms with van der Waals surface area (Å²) in [5, 5.41) is 0. The SMILES string of the molecule is CC1CN(C(=O)COCCN)CCO1. The number of ether oxygens (including phenoxy) is 2. The highest BCUT2D eigenvalue weighted by molar-refractivity contribution is 5.77. The van der Waals surface area contributed by atoms with Crippen molar-refractivity contribution in [2.45, 2.75) is 13.0 Å². The lowest BCUT2D eigenvalue weighted by molar-refractivity contribution is -0.142. The van der Waals surface area contributed by atoms with Crippen LogP contribution >= 0.6 is 0 Å². The van der Waals surface area contributed by atoms with Gasteiger partial charge in [0, 0.05) is 19.6 Å². The molecule has 0 saturated carbocycles. The fraction of sp³-hybridized carbons (Fsp3) is 0.889. The molecule has 0 bridgehead atoms. The average molecular weight is 202 g/mol. The van der Waals surface area contributed by atoms with Crippen molar-refractivity contribution in [2.75, 3.05) is 39.5 Å². The van der Waals surface area contributed by atoms with Gasteiger partial charge in [0.15, 0.2) is 0 Å². The maximum atomic E-state index is 11.5. The van der Waals surface area contributed by atoms with E-state index in [9.17, 15) is 4.79 Å². The van der Waals surface area contributed by atoms with Crippen molar-refractivity contribution in [3.05, 3.63) is 0 Å². The Morgan fingerprint density at radius 2 is 2.50 bits per heavy atom. The number of hydrogen-bond donors (Lipinski definition) is 1. The van der Waals surface area contributed by atoms with Gasteiger partial charge in [-0.1, -0.05) is 0 Å². The standard InChI is InChI=1S/C9H18N2O3/c1-8-6-11(3-5-14-8)9(12)7-13-4-2-10/h8H,2-7,10H2,1H3. The molecule has 1 rings (SSSR count). The predicted molar refractivity (Wildman–Crippen MR) is 51.9 cm³/mol. The fourth-order valence-corrected chi connectivity index (χ4v) is 1.38. The van der Waals surface area contributed by atoms with Gasteiger partial charge in [-0.15, -0.1) is 0 Å². The lowest BCUT2D eigenvalue weighted by atomic mass is 10.3. The second-order valence-corrected chi connectivity index (χ2v) is 3.36. The van der Waals surface area contributed by atoms with Crippen LogP contribution in [0.15, 0.2) is 0 Å². The summed E-state index contributed by atoms with van der Waals surface area (Å²) in [6, 6.07) is 0. The highest BCUT2D eigenvalue weighted by Crippen LogP contribution is 2.04. The molecular weight excluding hydrogens is 184 g/mol. The zero-order valence-electron chi connectivity index (χ0n) is 8.57. The van der Waals surface area contributed by atoms with Crippen LogP contribution in [0.5, 0.6) is 0 Å². The van der Waals surface area contributed by atoms with E-state index in [0.717, 1.165) is 0 Å². The minimum atomic E-state index is 0.0219. The Morgan fingerprint density at radius 3 is 3.14 bits per heavy atom. The Bertz CT molecular complexity index is 187. The Morgan fingerprint density at radius 1 is 1.71 bits per heavy atom. The van der Waals surface area contributed by atoms with Crippen molar-refractivity contribution < 1.29 is 14.3 Å². The summed E-state index contributed by atoms with van der Waals surface area (Å²) in [6.07, 6.45) is 0.127. The van der Waals surface area contributed by atoms with Gasteiger partial charge in [-0.2, -0.15) is 0 Å². The number of nitrogens with two attached hydrogens (primary N) is 1. The Balaban J connectivity index is 2.22. The molecule has 0 aromatic heterocycles. The van der Waals surface area contributed by atoms with E-state index < -0.39 is 0 Å². The first-order valence-corrected chi connectivity index (χ1v) is 4.91. The first-order valence-electron chi connectivity index (χ1n) is 4.91. The molecular formula is C9H18N2O3. The fourth-order valence-electron chi connectivity index (χ4n) is 1.38. The van der Waals surface area contributed by atoms with Crippen molar-refractivity contribution in [2.24, 2.45) is 5.73 Å². The summed E-state index contributed by atoms with van der Waals surface area (Å²) in [7, 11) is 0. The minimum absolute atomic E-state index is 0.0219. The van der Waals surface area contributed by atoms with E-state index >= 15 is 0 Å². The van der Waals surface area contributed by atoms with Crippen LogP contribution < -0.4 is 5.73 Å². The van der Waals surface area contributed by atoms with Crippen LogP contribution in [0.4, 0.5) is 0 Å². The van der Waals surface area contributed by atoms with Crippen molar-refractivity contribution in [1.82, 2.24) is 4.90 Å². The lowest BCUT2D eigenvalue weighted by Gasteiger charge is -2.31. The van der Waals surface area contributed by atoms with Gasteiger partial charge in [-0.05, 0) is 6.92 Å². The zero-order chi connectivity index (χ0) is 10.4. The predicted octanol–water partition coefficient (Wildman–Crippen LogP) is -0.791. The summed E-state index contributed by atoms with van der Waals surface area (Å²) in [5.41, 5.74) is 5.25. The van der Waals surface area contributed by atoms with Crippen molar-refractivity contribution in [3.63, 3.8) is 0 Å². The summed E-state index contributed by atoms with van der Waals surface area (Å²) >= 11 is 0. The zero-order valence-corrected chi connectivity index (χ0v) is 8.57. The van der Waals surface area contributed by atoms with Crippen LogP contribution in [-0.4, -0.2) is 56.4 Å². The second-order valence-electron chi connectivity index (χ2n) is 3.36. The smallest absolute Gasteiger partial charge is 0.248 e. The molecule has 1 atom stereocenters. The molecule has 0 spiro atoms. The molecule has 1 amide bonds. The maximum Gasteiger partial charge on any atom is 0.248 e. The van der Waals surface area contributed by atoms with Gasteiger partial charge in [0.2, 0.25) is 5.91 Å². The minimum Gasteiger partial charge on any atom is -0.375 e. The molecule has 1 heterocycles. The molecule has 0 radical (unpaired) electrons. The van der Waals surface area contributed by atoms with E-state index in [-0.39, 0.29) is 18.6 Å². The summed E-state index contributed by atoms with van der Waals surface area (Å²) in [5.74, 6) is 0.0219. The van der Waals surface area contributed by atoms with Gasteiger partial charge in [0.05, 0.1) is 19.3 Å². The third-order valence-electron chi connectivity index (χ3n) is 2.08. The van der Waals surface area contributed by atoms with Gasteiger partial charge in [0.25, 0.3) is 0 Å². The highest BCUT2D eigenvalue weighted by Gasteiger charge is 2.20. The van der Waals surface area contributed by atoms with Crippen LogP contribution in [0.25, 0.3) is 0 Å². The van der Waals surface area contributed by atoms with Crippen LogP contribution in [0.2, 0.25) is 0 Å². The van der Waals surface area contributed by atoms with Crippen LogP contribution in [0, 0.1) is 0 Å². The number of hydrogen-bond acceptors (Lipinski definition) is 4. The molecule has 0 aliphatic carbocycles. The highest BCUT2D eigenvalue weighted by atomic mass is 16.5. The average Bonchev–Trinajstić information content (AvgIpc) is 2.18. The molecule has 1 saturated heterocycles. The van der Waals surface area contributed by atoms with E-state index in [1.165, 1.54) is 0 Å². The molecule has 14 heavy (non-hydrogen) atoms. The Labute approximate surface area is 84.1 Å². The maximum absolute atomic E-state index is 11.5. The number of amides is 1. The number of nitrogens with zero attached hydrogens (tertiary/aromatic N) is 1. The van der Waals surface area contributed by atoms with E-state index in [1.807, 2.05) is 6.92 Å². The molecule has 82 valence electrons. The largest absolute Gasteiger partial charge is 0.375 e. The van der Waals surface area contributed by atoms with Crippen molar-refractivity contribution in [1.29, 1.82) is 0 Å². The van der Waals surface area contributed by atoms with Crippen molar-refractivity contribution >= 4 is 5.91 Å². The van der Waals surface area contributed by atoms with Gasteiger partial charge in [0.1, 0.15) is 6.61 Å². The van der Waals surface area contributed by atoms with E-state index in [1.54, 1.807) is 4.90 Å². The summed E-state index contributed by atoms with van der Waals surface area (Å²) < 4.78 is 10.4. The van der Waals surface area contributed by atoms with E-state index in [2.05, 4.69) is 0 Å². The van der Waals surface area contributed by atoms with Crippen molar-refractivity contribution in [3.8, 4) is 0 Å². The molecule has 1 aliphatic rings. The molecule has 1 fully saturated rings. The van der Waals surface area contributed by atoms with Gasteiger partial charge in [-0.3, -0.25) is 4.79 Å². The topological polar surface area (TPSA) is 64.8 Å². The Hall–Kier alpha value is -0.650. The Kier molecular flexibility index (Phi) is 4.86. The molecule has 1 aliphatic heterocycles. The van der Waals surface area contributed by atoms with Crippen LogP contribution in [-0.2, 0) is 14.3 Å².